The smallest absolute Gasteiger partial charge is 0.235 e. The second kappa shape index (κ2) is 6.82. The quantitative estimate of drug-likeness (QED) is 0.826. The summed E-state index contributed by atoms with van der Waals surface area (Å²) < 4.78 is 10.8. The highest BCUT2D eigenvalue weighted by atomic mass is 16.5. The minimum Gasteiger partial charge on any atom is -0.461 e. The lowest BCUT2D eigenvalue weighted by Gasteiger charge is -2.41. The van der Waals surface area contributed by atoms with E-state index in [2.05, 4.69) is 10.1 Å². The molecule has 0 spiro atoms. The summed E-state index contributed by atoms with van der Waals surface area (Å²) in [5, 5.41) is 4.22. The van der Waals surface area contributed by atoms with Gasteiger partial charge in [-0.3, -0.25) is 9.69 Å². The minimum atomic E-state index is -0.471. The predicted octanol–water partition coefficient (Wildman–Crippen LogP) is 3.44. The fraction of sp³-hybridized carbons (Fsp3) is 0.619. The van der Waals surface area contributed by atoms with Crippen LogP contribution in [0.4, 0.5) is 0 Å². The Hall–Kier alpha value is -2.08. The van der Waals surface area contributed by atoms with E-state index in [0.717, 1.165) is 50.8 Å². The van der Waals surface area contributed by atoms with Crippen molar-refractivity contribution in [1.82, 2.24) is 15.0 Å². The third-order valence-corrected chi connectivity index (χ3v) is 6.62. The third-order valence-electron chi connectivity index (χ3n) is 6.62. The van der Waals surface area contributed by atoms with Crippen LogP contribution in [0.15, 0.2) is 33.4 Å². The lowest BCUT2D eigenvalue weighted by Crippen LogP contribution is -2.54. The SMILES string of the molecule is O=C(N1CCN(C2CCCCC2)CC1)C1(c2cc(-c3ccco3)on2)CC1. The highest BCUT2D eigenvalue weighted by Gasteiger charge is 2.55. The number of rotatable bonds is 4. The molecule has 0 aromatic carbocycles. The Morgan fingerprint density at radius 2 is 1.85 bits per heavy atom. The van der Waals surface area contributed by atoms with E-state index in [4.69, 9.17) is 8.94 Å². The molecule has 3 heterocycles. The van der Waals surface area contributed by atoms with E-state index in [1.54, 1.807) is 6.26 Å². The van der Waals surface area contributed by atoms with Gasteiger partial charge in [0.25, 0.3) is 0 Å². The molecule has 1 saturated heterocycles. The summed E-state index contributed by atoms with van der Waals surface area (Å²) in [6, 6.07) is 6.27. The van der Waals surface area contributed by atoms with Gasteiger partial charge in [0.2, 0.25) is 11.7 Å². The van der Waals surface area contributed by atoms with Crippen LogP contribution in [-0.4, -0.2) is 53.1 Å². The van der Waals surface area contributed by atoms with Crippen LogP contribution in [0.2, 0.25) is 0 Å². The van der Waals surface area contributed by atoms with E-state index >= 15 is 0 Å². The lowest BCUT2D eigenvalue weighted by molar-refractivity contribution is -0.136. The molecule has 5 rings (SSSR count). The van der Waals surface area contributed by atoms with Crippen molar-refractivity contribution in [3.05, 3.63) is 30.2 Å². The number of hydrogen-bond acceptors (Lipinski definition) is 5. The Morgan fingerprint density at radius 3 is 2.52 bits per heavy atom. The molecular formula is C21H27N3O3. The second-order valence-corrected chi connectivity index (χ2v) is 8.26. The lowest BCUT2D eigenvalue weighted by atomic mass is 9.93. The summed E-state index contributed by atoms with van der Waals surface area (Å²) in [5.41, 5.74) is 0.287. The predicted molar refractivity (Wildman–Crippen MR) is 100 cm³/mol. The molecule has 0 unspecified atom stereocenters. The Bertz CT molecular complexity index is 779. The maximum atomic E-state index is 13.3. The summed E-state index contributed by atoms with van der Waals surface area (Å²) in [6.07, 6.45) is 10.1. The Labute approximate surface area is 159 Å². The van der Waals surface area contributed by atoms with Gasteiger partial charge in [-0.1, -0.05) is 24.4 Å². The third kappa shape index (κ3) is 3.10. The van der Waals surface area contributed by atoms with Crippen LogP contribution in [0.3, 0.4) is 0 Å². The topological polar surface area (TPSA) is 62.7 Å². The van der Waals surface area contributed by atoms with E-state index < -0.39 is 5.41 Å². The molecule has 1 amide bonds. The van der Waals surface area contributed by atoms with Crippen LogP contribution in [0.5, 0.6) is 0 Å². The first-order valence-corrected chi connectivity index (χ1v) is 10.3. The molecule has 0 N–H and O–H groups in total. The Morgan fingerprint density at radius 1 is 1.07 bits per heavy atom. The molecule has 144 valence electrons. The number of hydrogen-bond donors (Lipinski definition) is 0. The standard InChI is InChI=1S/C21H27N3O3/c25-20(24-12-10-23(11-13-24)16-5-2-1-3-6-16)21(8-9-21)19-15-18(27-22-19)17-7-4-14-26-17/h4,7,14-16H,1-3,5-6,8-13H2. The Kier molecular flexibility index (Phi) is 4.31. The normalized spacial score (nSPS) is 23.5. The molecule has 27 heavy (non-hydrogen) atoms. The van der Waals surface area contributed by atoms with Gasteiger partial charge in [0.15, 0.2) is 5.76 Å². The van der Waals surface area contributed by atoms with Gasteiger partial charge < -0.3 is 13.8 Å². The summed E-state index contributed by atoms with van der Waals surface area (Å²) in [4.78, 5) is 17.9. The van der Waals surface area contributed by atoms with Crippen LogP contribution in [0.25, 0.3) is 11.5 Å². The van der Waals surface area contributed by atoms with Crippen LogP contribution in [-0.2, 0) is 10.2 Å². The zero-order chi connectivity index (χ0) is 18.3. The van der Waals surface area contributed by atoms with E-state index in [1.807, 2.05) is 23.1 Å². The molecule has 2 aromatic heterocycles. The van der Waals surface area contributed by atoms with Gasteiger partial charge in [0.05, 0.1) is 17.4 Å². The molecule has 6 heteroatoms. The number of amides is 1. The van der Waals surface area contributed by atoms with E-state index in [9.17, 15) is 4.79 Å². The number of piperazine rings is 1. The van der Waals surface area contributed by atoms with Crippen molar-refractivity contribution in [1.29, 1.82) is 0 Å². The maximum Gasteiger partial charge on any atom is 0.235 e. The number of aromatic nitrogens is 1. The van der Waals surface area contributed by atoms with Gasteiger partial charge >= 0.3 is 0 Å². The molecular weight excluding hydrogens is 342 g/mol. The first kappa shape index (κ1) is 17.0. The van der Waals surface area contributed by atoms with Crippen LogP contribution < -0.4 is 0 Å². The first-order valence-electron chi connectivity index (χ1n) is 10.3. The van der Waals surface area contributed by atoms with Crippen molar-refractivity contribution in [2.75, 3.05) is 26.2 Å². The van der Waals surface area contributed by atoms with Crippen molar-refractivity contribution in [2.45, 2.75) is 56.4 Å². The molecule has 6 nitrogen and oxygen atoms in total. The van der Waals surface area contributed by atoms with Crippen molar-refractivity contribution in [3.63, 3.8) is 0 Å². The zero-order valence-corrected chi connectivity index (χ0v) is 15.7. The summed E-state index contributed by atoms with van der Waals surface area (Å²) in [7, 11) is 0. The zero-order valence-electron chi connectivity index (χ0n) is 15.7. The molecule has 3 fully saturated rings. The van der Waals surface area contributed by atoms with Crippen LogP contribution in [0.1, 0.15) is 50.6 Å². The summed E-state index contributed by atoms with van der Waals surface area (Å²) in [5.74, 6) is 1.47. The van der Waals surface area contributed by atoms with Crippen LogP contribution in [0, 0.1) is 0 Å². The number of furan rings is 1. The molecule has 0 radical (unpaired) electrons. The minimum absolute atomic E-state index is 0.227. The largest absolute Gasteiger partial charge is 0.461 e. The average Bonchev–Trinajstić information content (AvgIpc) is 3.12. The van der Waals surface area contributed by atoms with Gasteiger partial charge in [-0.05, 0) is 37.8 Å². The number of carbonyl (C=O) groups excluding carboxylic acids is 1. The first-order chi connectivity index (χ1) is 13.3. The van der Waals surface area contributed by atoms with Crippen molar-refractivity contribution >= 4 is 5.91 Å². The molecule has 2 aromatic rings. The van der Waals surface area contributed by atoms with Crippen molar-refractivity contribution in [3.8, 4) is 11.5 Å². The van der Waals surface area contributed by atoms with E-state index in [-0.39, 0.29) is 5.91 Å². The fourth-order valence-electron chi connectivity index (χ4n) is 4.78. The number of carbonyl (C=O) groups is 1. The molecule has 1 aliphatic heterocycles. The Balaban J connectivity index is 1.25. The molecule has 2 saturated carbocycles. The molecule has 3 aliphatic rings. The van der Waals surface area contributed by atoms with E-state index in [1.165, 1.54) is 32.1 Å². The van der Waals surface area contributed by atoms with Gasteiger partial charge in [0, 0.05) is 38.3 Å². The molecule has 0 bridgehead atoms. The fourth-order valence-corrected chi connectivity index (χ4v) is 4.78. The van der Waals surface area contributed by atoms with E-state index in [0.29, 0.717) is 11.5 Å². The van der Waals surface area contributed by atoms with Gasteiger partial charge in [-0.2, -0.15) is 0 Å². The van der Waals surface area contributed by atoms with Crippen molar-refractivity contribution < 1.29 is 13.7 Å². The van der Waals surface area contributed by atoms with Gasteiger partial charge in [-0.25, -0.2) is 0 Å². The van der Waals surface area contributed by atoms with Gasteiger partial charge in [-0.15, -0.1) is 0 Å². The van der Waals surface area contributed by atoms with Crippen molar-refractivity contribution in [2.24, 2.45) is 0 Å². The number of nitrogens with zero attached hydrogens (tertiary/aromatic N) is 3. The summed E-state index contributed by atoms with van der Waals surface area (Å²) >= 11 is 0. The van der Waals surface area contributed by atoms with Gasteiger partial charge in [0.1, 0.15) is 0 Å². The summed E-state index contributed by atoms with van der Waals surface area (Å²) in [6.45, 7) is 3.67. The maximum absolute atomic E-state index is 13.3. The average molecular weight is 369 g/mol. The monoisotopic (exact) mass is 369 g/mol. The highest BCUT2D eigenvalue weighted by molar-refractivity contribution is 5.91. The second-order valence-electron chi connectivity index (χ2n) is 8.26. The highest BCUT2D eigenvalue weighted by Crippen LogP contribution is 2.50. The molecule has 2 aliphatic carbocycles. The molecule has 0 atom stereocenters. The van der Waals surface area contributed by atoms with Crippen LogP contribution >= 0.6 is 0 Å².